The maximum Gasteiger partial charge on any atom is 0.338 e. The van der Waals surface area contributed by atoms with Crippen molar-refractivity contribution in [1.29, 1.82) is 0 Å². The Morgan fingerprint density at radius 1 is 0.615 bits per heavy atom. The van der Waals surface area contributed by atoms with Crippen LogP contribution in [0.5, 0.6) is 0 Å². The van der Waals surface area contributed by atoms with Crippen molar-refractivity contribution < 1.29 is 28.7 Å². The minimum Gasteiger partial charge on any atom is -0.456 e. The monoisotopic (exact) mass is 538 g/mol. The number of benzene rings is 2. The van der Waals surface area contributed by atoms with Crippen LogP contribution in [0, 0.1) is 0 Å². The van der Waals surface area contributed by atoms with Gasteiger partial charge in [0.2, 0.25) is 0 Å². The van der Waals surface area contributed by atoms with E-state index in [1.165, 1.54) is 0 Å². The van der Waals surface area contributed by atoms with Gasteiger partial charge in [0, 0.05) is 17.5 Å². The second-order valence-corrected chi connectivity index (χ2v) is 13.6. The SMILES string of the molecule is CC(C)(CC(C)(C)OC(=O)c1ccc(C2ON2C(C)(C)C)cc1)OC(=O)c1ccc(C2ON2C(C)(C)C)cc1. The molecule has 0 spiro atoms. The third kappa shape index (κ3) is 7.25. The molecule has 4 atom stereocenters. The van der Waals surface area contributed by atoms with E-state index in [-0.39, 0.29) is 23.5 Å². The van der Waals surface area contributed by atoms with Crippen LogP contribution in [0.25, 0.3) is 0 Å². The zero-order chi connectivity index (χ0) is 29.0. The Kier molecular flexibility index (Phi) is 7.49. The van der Waals surface area contributed by atoms with E-state index in [4.69, 9.17) is 19.1 Å². The standard InChI is InChI=1S/C31H42N2O6/c1-28(2,3)32-24(38-32)20-11-15-22(16-12-20)26(34)36-30(7,8)19-31(9,10)37-27(35)23-17-13-21(14-18-23)25-33(39-25)29(4,5)6/h11-18,24-25H,19H2,1-10H3. The van der Waals surface area contributed by atoms with Crippen LogP contribution in [0.3, 0.4) is 0 Å². The molecule has 212 valence electrons. The van der Waals surface area contributed by atoms with Crippen LogP contribution in [-0.4, -0.2) is 44.3 Å². The van der Waals surface area contributed by atoms with Crippen LogP contribution in [0.15, 0.2) is 48.5 Å². The average Bonchev–Trinajstić information content (AvgIpc) is 3.70. The number of ether oxygens (including phenoxy) is 2. The minimum atomic E-state index is -0.869. The van der Waals surface area contributed by atoms with Crippen LogP contribution in [0.2, 0.25) is 0 Å². The summed E-state index contributed by atoms with van der Waals surface area (Å²) >= 11 is 0. The first-order valence-corrected chi connectivity index (χ1v) is 13.5. The van der Waals surface area contributed by atoms with Crippen molar-refractivity contribution in [2.24, 2.45) is 0 Å². The molecule has 2 fully saturated rings. The first-order valence-electron chi connectivity index (χ1n) is 13.5. The summed E-state index contributed by atoms with van der Waals surface area (Å²) in [6.07, 6.45) is 0.123. The fourth-order valence-corrected chi connectivity index (χ4v) is 4.86. The van der Waals surface area contributed by atoms with E-state index in [2.05, 4.69) is 41.5 Å². The molecule has 2 aliphatic rings. The Bertz CT molecular complexity index is 1110. The van der Waals surface area contributed by atoms with Gasteiger partial charge in [0.05, 0.1) is 11.1 Å². The highest BCUT2D eigenvalue weighted by Crippen LogP contribution is 2.44. The predicted octanol–water partition coefficient (Wildman–Crippen LogP) is 6.74. The molecular weight excluding hydrogens is 496 g/mol. The van der Waals surface area contributed by atoms with Crippen LogP contribution in [-0.2, 0) is 19.1 Å². The number of esters is 2. The van der Waals surface area contributed by atoms with Crippen molar-refractivity contribution in [2.75, 3.05) is 0 Å². The molecular formula is C31H42N2O6. The summed E-state index contributed by atoms with van der Waals surface area (Å²) in [6, 6.07) is 14.5. The van der Waals surface area contributed by atoms with Crippen LogP contribution < -0.4 is 0 Å². The molecule has 0 N–H and O–H groups in total. The van der Waals surface area contributed by atoms with Crippen LogP contribution in [0.4, 0.5) is 0 Å². The first-order chi connectivity index (χ1) is 17.9. The lowest BCUT2D eigenvalue weighted by molar-refractivity contribution is -0.0587. The topological polar surface area (TPSA) is 83.7 Å². The zero-order valence-corrected chi connectivity index (χ0v) is 24.8. The lowest BCUT2D eigenvalue weighted by Crippen LogP contribution is -2.40. The normalized spacial score (nSPS) is 23.2. The maximum atomic E-state index is 12.9. The van der Waals surface area contributed by atoms with Gasteiger partial charge in [-0.15, -0.1) is 10.1 Å². The predicted molar refractivity (Wildman–Crippen MR) is 147 cm³/mol. The highest BCUT2D eigenvalue weighted by atomic mass is 16.8. The molecule has 0 saturated carbocycles. The Morgan fingerprint density at radius 3 is 1.18 bits per heavy atom. The molecule has 4 rings (SSSR count). The lowest BCUT2D eigenvalue weighted by Gasteiger charge is -2.34. The van der Waals surface area contributed by atoms with Gasteiger partial charge in [0.25, 0.3) is 0 Å². The summed E-state index contributed by atoms with van der Waals surface area (Å²) in [5.74, 6) is -0.861. The Labute approximate surface area is 232 Å². The third-order valence-corrected chi connectivity index (χ3v) is 6.54. The molecule has 2 saturated heterocycles. The van der Waals surface area contributed by atoms with Gasteiger partial charge in [-0.3, -0.25) is 9.68 Å². The van der Waals surface area contributed by atoms with Crippen molar-refractivity contribution in [1.82, 2.24) is 10.1 Å². The minimum absolute atomic E-state index is 0.0916. The van der Waals surface area contributed by atoms with E-state index in [1.807, 2.05) is 62.1 Å². The van der Waals surface area contributed by atoms with Gasteiger partial charge >= 0.3 is 11.9 Å². The maximum absolute atomic E-state index is 12.9. The summed E-state index contributed by atoms with van der Waals surface area (Å²) in [7, 11) is 0. The molecule has 2 aromatic rings. The number of hydrogen-bond donors (Lipinski definition) is 0. The zero-order valence-electron chi connectivity index (χ0n) is 24.8. The van der Waals surface area contributed by atoms with Gasteiger partial charge < -0.3 is 9.47 Å². The third-order valence-electron chi connectivity index (χ3n) is 6.54. The van der Waals surface area contributed by atoms with Gasteiger partial charge in [-0.05, 0) is 105 Å². The second kappa shape index (κ2) is 10.0. The summed E-state index contributed by atoms with van der Waals surface area (Å²) in [4.78, 5) is 37.1. The molecule has 0 aliphatic carbocycles. The van der Waals surface area contributed by atoms with Crippen molar-refractivity contribution in [3.63, 3.8) is 0 Å². The number of carbonyl (C=O) groups is 2. The smallest absolute Gasteiger partial charge is 0.338 e. The summed E-state index contributed by atoms with van der Waals surface area (Å²) < 4.78 is 11.7. The summed E-state index contributed by atoms with van der Waals surface area (Å²) in [6.45, 7) is 19.8. The molecule has 2 heterocycles. The number of hydrogen-bond acceptors (Lipinski definition) is 8. The molecule has 0 bridgehead atoms. The molecule has 2 aromatic carbocycles. The Morgan fingerprint density at radius 2 is 0.923 bits per heavy atom. The van der Waals surface area contributed by atoms with Crippen molar-refractivity contribution in [3.05, 3.63) is 70.8 Å². The van der Waals surface area contributed by atoms with Crippen LogP contribution in [0.1, 0.15) is 120 Å². The number of nitrogens with zero attached hydrogens (tertiary/aromatic N) is 2. The van der Waals surface area contributed by atoms with E-state index in [0.29, 0.717) is 17.5 Å². The molecule has 8 heteroatoms. The molecule has 39 heavy (non-hydrogen) atoms. The van der Waals surface area contributed by atoms with E-state index in [9.17, 15) is 9.59 Å². The first kappa shape index (κ1) is 29.2. The fraction of sp³-hybridized carbons (Fsp3) is 0.548. The molecule has 4 unspecified atom stereocenters. The van der Waals surface area contributed by atoms with E-state index in [1.54, 1.807) is 24.3 Å². The fourth-order valence-electron chi connectivity index (χ4n) is 4.86. The van der Waals surface area contributed by atoms with Gasteiger partial charge in [-0.2, -0.15) is 0 Å². The molecule has 0 aromatic heterocycles. The second-order valence-electron chi connectivity index (χ2n) is 13.6. The molecule has 2 aliphatic heterocycles. The molecule has 8 nitrogen and oxygen atoms in total. The summed E-state index contributed by atoms with van der Waals surface area (Å²) in [5.41, 5.74) is 0.953. The van der Waals surface area contributed by atoms with Gasteiger partial charge in [0.15, 0.2) is 12.5 Å². The highest BCUT2D eigenvalue weighted by molar-refractivity contribution is 5.90. The van der Waals surface area contributed by atoms with E-state index >= 15 is 0 Å². The van der Waals surface area contributed by atoms with Gasteiger partial charge in [-0.1, -0.05) is 24.3 Å². The highest BCUT2D eigenvalue weighted by Gasteiger charge is 2.46. The Balaban J connectivity index is 1.30. The summed E-state index contributed by atoms with van der Waals surface area (Å²) in [5, 5.41) is 3.84. The van der Waals surface area contributed by atoms with Gasteiger partial charge in [-0.25, -0.2) is 9.59 Å². The van der Waals surface area contributed by atoms with Crippen molar-refractivity contribution >= 4 is 11.9 Å². The van der Waals surface area contributed by atoms with Crippen molar-refractivity contribution in [3.8, 4) is 0 Å². The Hall–Kier alpha value is -2.78. The van der Waals surface area contributed by atoms with Crippen molar-refractivity contribution in [2.45, 2.75) is 110 Å². The number of rotatable bonds is 8. The van der Waals surface area contributed by atoms with Gasteiger partial charge in [0.1, 0.15) is 11.2 Å². The lowest BCUT2D eigenvalue weighted by atomic mass is 9.92. The number of carbonyl (C=O) groups excluding carboxylic acids is 2. The quantitative estimate of drug-likeness (QED) is 0.270. The molecule has 0 amide bonds. The van der Waals surface area contributed by atoms with Crippen LogP contribution >= 0.6 is 0 Å². The largest absolute Gasteiger partial charge is 0.456 e. The number of hydroxylamine groups is 4. The average molecular weight is 539 g/mol. The molecule has 0 radical (unpaired) electrons. The van der Waals surface area contributed by atoms with E-state index < -0.39 is 23.1 Å². The van der Waals surface area contributed by atoms with E-state index in [0.717, 1.165) is 11.1 Å².